The molecule has 3 fully saturated rings. The van der Waals surface area contributed by atoms with Crippen LogP contribution in [0.5, 0.6) is 5.88 Å². The molecular weight excluding hydrogens is 868 g/mol. The Morgan fingerprint density at radius 2 is 1.77 bits per heavy atom. The Bertz CT molecular complexity index is 2760. The molecule has 64 heavy (non-hydrogen) atoms. The molecule has 9 rings (SSSR count). The van der Waals surface area contributed by atoms with E-state index < -0.39 is 56.4 Å². The van der Waals surface area contributed by atoms with Crippen molar-refractivity contribution in [3.63, 3.8) is 0 Å². The second-order valence-electron chi connectivity index (χ2n) is 18.8. The highest BCUT2D eigenvalue weighted by Crippen LogP contribution is 2.57. The van der Waals surface area contributed by atoms with E-state index in [2.05, 4.69) is 30.5 Å². The summed E-state index contributed by atoms with van der Waals surface area (Å²) >= 11 is 1.50. The lowest BCUT2D eigenvalue weighted by Gasteiger charge is -2.29. The topological polar surface area (TPSA) is 162 Å². The van der Waals surface area contributed by atoms with E-state index >= 15 is 4.79 Å². The van der Waals surface area contributed by atoms with Gasteiger partial charge < -0.3 is 14.1 Å². The van der Waals surface area contributed by atoms with Crippen LogP contribution in [-0.4, -0.2) is 69.8 Å². The summed E-state index contributed by atoms with van der Waals surface area (Å²) in [5.74, 6) is -2.11. The van der Waals surface area contributed by atoms with Crippen LogP contribution in [0.25, 0.3) is 33.5 Å². The van der Waals surface area contributed by atoms with Gasteiger partial charge >= 0.3 is 6.18 Å². The number of ketones is 1. The molecule has 0 bridgehead atoms. The van der Waals surface area contributed by atoms with Crippen molar-refractivity contribution in [3.05, 3.63) is 82.3 Å². The summed E-state index contributed by atoms with van der Waals surface area (Å²) in [4.78, 5) is 59.7. The third-order valence-corrected chi connectivity index (χ3v) is 15.7. The molecule has 2 saturated carbocycles. The highest BCUT2D eigenvalue weighted by Gasteiger charge is 2.61. The number of carbonyl (C=O) groups excluding carboxylic acids is 3. The molecule has 2 aromatic carbocycles. The third-order valence-electron chi connectivity index (χ3n) is 13.0. The number of Topliss-reactive ketones (excluding diaryl/α,β-unsaturated/α-hetero) is 1. The van der Waals surface area contributed by atoms with Crippen LogP contribution in [0.1, 0.15) is 101 Å². The number of carbonyl (C=O) groups is 3. The minimum absolute atomic E-state index is 0.00805. The van der Waals surface area contributed by atoms with Crippen molar-refractivity contribution in [1.82, 2.24) is 24.6 Å². The summed E-state index contributed by atoms with van der Waals surface area (Å²) in [7, 11) is -3.90. The van der Waals surface area contributed by atoms with Crippen LogP contribution in [0.15, 0.2) is 70.5 Å². The number of hydrogen-bond acceptors (Lipinski definition) is 11. The molecule has 5 atom stereocenters. The Kier molecular flexibility index (Phi) is 11.5. The van der Waals surface area contributed by atoms with Gasteiger partial charge in [0.2, 0.25) is 27.4 Å². The van der Waals surface area contributed by atoms with Gasteiger partial charge in [-0.2, -0.15) is 18.2 Å². The fourth-order valence-corrected chi connectivity index (χ4v) is 11.5. The van der Waals surface area contributed by atoms with Crippen molar-refractivity contribution >= 4 is 61.0 Å². The van der Waals surface area contributed by atoms with Crippen molar-refractivity contribution in [2.45, 2.75) is 120 Å². The van der Waals surface area contributed by atoms with Crippen LogP contribution in [0, 0.1) is 17.3 Å². The number of aromatic nitrogens is 3. The summed E-state index contributed by atoms with van der Waals surface area (Å²) in [5.41, 5.74) is -0.0473. The summed E-state index contributed by atoms with van der Waals surface area (Å²) in [6, 6.07) is 10.6. The summed E-state index contributed by atoms with van der Waals surface area (Å²) in [6.07, 6.45) is 3.72. The maximum atomic E-state index is 15.1. The van der Waals surface area contributed by atoms with Gasteiger partial charge in [-0.3, -0.25) is 19.1 Å². The molecule has 1 saturated heterocycles. The van der Waals surface area contributed by atoms with E-state index in [9.17, 15) is 31.2 Å². The number of alkyl halides is 3. The zero-order chi connectivity index (χ0) is 45.2. The summed E-state index contributed by atoms with van der Waals surface area (Å²) in [6.45, 7) is 6.23. The number of benzene rings is 2. The monoisotopic (exact) mass is 917 g/mol. The van der Waals surface area contributed by atoms with Gasteiger partial charge in [-0.25, -0.2) is 18.4 Å². The average Bonchev–Trinajstić information content (AvgIpc) is 4.06. The normalized spacial score (nSPS) is 25.4. The number of halogens is 3. The number of thiazole rings is 1. The molecule has 5 aromatic rings. The van der Waals surface area contributed by atoms with Gasteiger partial charge in [-0.05, 0) is 68.7 Å². The first-order chi connectivity index (χ1) is 30.4. The Hall–Kier alpha value is -5.16. The van der Waals surface area contributed by atoms with Crippen LogP contribution in [-0.2, 0) is 42.4 Å². The van der Waals surface area contributed by atoms with Crippen molar-refractivity contribution < 1.29 is 45.1 Å². The Morgan fingerprint density at radius 3 is 2.48 bits per heavy atom. The van der Waals surface area contributed by atoms with Crippen molar-refractivity contribution in [3.8, 4) is 17.3 Å². The number of rotatable bonds is 8. The van der Waals surface area contributed by atoms with Gasteiger partial charge in [-0.15, -0.1) is 11.3 Å². The van der Waals surface area contributed by atoms with Crippen LogP contribution >= 0.6 is 11.3 Å². The Morgan fingerprint density at radius 1 is 1.00 bits per heavy atom. The largest absolute Gasteiger partial charge is 0.470 e. The number of hydrogen-bond donors (Lipinski definition) is 1. The summed E-state index contributed by atoms with van der Waals surface area (Å²) < 4.78 is 81.8. The average molecular weight is 918 g/mol. The molecule has 2 aliphatic heterocycles. The van der Waals surface area contributed by atoms with Crippen LogP contribution in [0.3, 0.4) is 0 Å². The predicted octanol–water partition coefficient (Wildman–Crippen LogP) is 9.12. The fraction of sp³-hybridized carbons (Fsp3) is 0.489. The van der Waals surface area contributed by atoms with Crippen LogP contribution < -0.4 is 9.46 Å². The van der Waals surface area contributed by atoms with Crippen LogP contribution in [0.2, 0.25) is 0 Å². The van der Waals surface area contributed by atoms with Gasteiger partial charge in [0.05, 0.1) is 39.5 Å². The number of furan rings is 1. The van der Waals surface area contributed by atoms with E-state index in [4.69, 9.17) is 19.1 Å². The molecule has 0 radical (unpaired) electrons. The van der Waals surface area contributed by atoms with E-state index in [-0.39, 0.29) is 59.7 Å². The van der Waals surface area contributed by atoms with Gasteiger partial charge in [0.25, 0.3) is 5.88 Å². The second kappa shape index (κ2) is 16.7. The smallest absolute Gasteiger partial charge is 0.416 e. The van der Waals surface area contributed by atoms with E-state index in [1.54, 1.807) is 29.2 Å². The number of allylic oxidation sites excluding steroid dienone is 2. The number of sulfonamides is 1. The minimum atomic E-state index is -4.54. The van der Waals surface area contributed by atoms with Gasteiger partial charge in [0, 0.05) is 46.9 Å². The lowest BCUT2D eigenvalue weighted by molar-refractivity contribution is -0.142. The molecule has 0 unspecified atom stereocenters. The van der Waals surface area contributed by atoms with Gasteiger partial charge in [-0.1, -0.05) is 70.0 Å². The van der Waals surface area contributed by atoms with Crippen molar-refractivity contribution in [1.29, 1.82) is 0 Å². The van der Waals surface area contributed by atoms with E-state index in [1.807, 2.05) is 17.5 Å². The van der Waals surface area contributed by atoms with Crippen molar-refractivity contribution in [2.75, 3.05) is 6.54 Å². The number of fused-ring (bicyclic) bond motifs is 5. The SMILES string of the molecule is CC(C)(C)c1csc(C[C@H]2CCCCC/C=C\[C@H]3C[C@@]3(C(=O)NS(=O)(=O)C3CC3)CC(=O)[C@@H]3C[C@@H](Oc4nc(-c5ccc(C(F)(F)F)cc5)nc5c4oc4ccccc45)CN3C2=O)n1. The highest BCUT2D eigenvalue weighted by atomic mass is 32.2. The number of nitrogens with one attached hydrogen (secondary N) is 1. The van der Waals surface area contributed by atoms with Gasteiger partial charge in [0.15, 0.2) is 11.6 Å². The molecule has 1 N–H and O–H groups in total. The first-order valence-electron chi connectivity index (χ1n) is 21.9. The van der Waals surface area contributed by atoms with Crippen LogP contribution in [0.4, 0.5) is 13.2 Å². The van der Waals surface area contributed by atoms with E-state index in [0.29, 0.717) is 54.2 Å². The molecule has 2 amide bonds. The van der Waals surface area contributed by atoms with Crippen molar-refractivity contribution in [2.24, 2.45) is 17.3 Å². The Labute approximate surface area is 373 Å². The maximum absolute atomic E-state index is 15.1. The molecule has 3 aromatic heterocycles. The van der Waals surface area contributed by atoms with E-state index in [0.717, 1.165) is 48.5 Å². The second-order valence-corrected chi connectivity index (χ2v) is 21.7. The lowest BCUT2D eigenvalue weighted by atomic mass is 9.90. The number of nitrogens with zero attached hydrogens (tertiary/aromatic N) is 4. The lowest BCUT2D eigenvalue weighted by Crippen LogP contribution is -2.46. The third kappa shape index (κ3) is 8.93. The molecule has 2 aliphatic carbocycles. The number of amides is 2. The number of para-hydroxylation sites is 1. The zero-order valence-electron chi connectivity index (χ0n) is 35.8. The molecule has 5 heterocycles. The standard InChI is InChI=1S/C47H50F3N5O7S2/c1-45(2,3)37-26-63-38(51-37)21-28-11-7-5-4-6-8-12-30-23-46(30,44(58)54-64(59,60)32-19-20-32)24-35(56)34-22-31(25-55(34)43(28)57)61-42-40-39(33-13-9-10-14-36(33)62-40)52-41(53-42)27-15-17-29(18-16-27)47(48,49)50/h8-10,12-18,26,28,30-32,34H,4-7,11,19-25H2,1-3H3,(H,54,58)/b12-8-/t28-,30+,31-,34+,46-/m1/s1. The maximum Gasteiger partial charge on any atom is 0.416 e. The first kappa shape index (κ1) is 44.1. The molecule has 12 nitrogen and oxygen atoms in total. The van der Waals surface area contributed by atoms with Gasteiger partial charge in [0.1, 0.15) is 17.2 Å². The minimum Gasteiger partial charge on any atom is -0.470 e. The molecule has 338 valence electrons. The molecular formula is C47H50F3N5O7S2. The number of ether oxygens (including phenoxy) is 1. The molecule has 4 aliphatic rings. The molecule has 17 heteroatoms. The molecule has 0 spiro atoms. The summed E-state index contributed by atoms with van der Waals surface area (Å²) in [5, 5.41) is 2.83. The van der Waals surface area contributed by atoms with E-state index in [1.165, 1.54) is 23.5 Å². The highest BCUT2D eigenvalue weighted by molar-refractivity contribution is 7.90. The predicted molar refractivity (Wildman–Crippen MR) is 235 cm³/mol. The first-order valence-corrected chi connectivity index (χ1v) is 24.4. The Balaban J connectivity index is 1.07. The quantitative estimate of drug-likeness (QED) is 0.149. The zero-order valence-corrected chi connectivity index (χ0v) is 37.5. The fourth-order valence-electron chi connectivity index (χ4n) is 9.02.